The third kappa shape index (κ3) is 3.25. The van der Waals surface area contributed by atoms with Crippen LogP contribution in [-0.4, -0.2) is 30.1 Å². The van der Waals surface area contributed by atoms with E-state index in [2.05, 4.69) is 0 Å². The number of methoxy groups -OCH3 is 1. The van der Waals surface area contributed by atoms with Crippen molar-refractivity contribution in [3.63, 3.8) is 0 Å². The van der Waals surface area contributed by atoms with E-state index < -0.39 is 16.4 Å². The molecular weight excluding hydrogens is 300 g/mol. The summed E-state index contributed by atoms with van der Waals surface area (Å²) in [4.78, 5) is 22.2. The maximum Gasteiger partial charge on any atom is 0.329 e. The van der Waals surface area contributed by atoms with E-state index in [1.165, 1.54) is 25.3 Å². The average Bonchev–Trinajstić information content (AvgIpc) is 3.28. The van der Waals surface area contributed by atoms with Crippen LogP contribution in [0.4, 0.5) is 5.69 Å². The van der Waals surface area contributed by atoms with Crippen molar-refractivity contribution in [2.24, 2.45) is 11.7 Å². The van der Waals surface area contributed by atoms with Crippen LogP contribution in [-0.2, 0) is 9.53 Å². The van der Waals surface area contributed by atoms with E-state index in [9.17, 15) is 14.9 Å². The minimum atomic E-state index is -1.30. The second kappa shape index (κ2) is 5.87. The summed E-state index contributed by atoms with van der Waals surface area (Å²) in [7, 11) is 1.24. The molecule has 0 spiro atoms. The fraction of sp³-hybridized carbons (Fsp3) is 0.462. The zero-order chi connectivity index (χ0) is 15.6. The van der Waals surface area contributed by atoms with Gasteiger partial charge in [0.25, 0.3) is 0 Å². The van der Waals surface area contributed by atoms with Crippen LogP contribution in [0.5, 0.6) is 5.75 Å². The Hall–Kier alpha value is -1.86. The third-order valence-electron chi connectivity index (χ3n) is 3.46. The molecule has 1 fully saturated rings. The molecule has 0 saturated heterocycles. The van der Waals surface area contributed by atoms with Crippen LogP contribution < -0.4 is 10.5 Å². The lowest BCUT2D eigenvalue weighted by Crippen LogP contribution is -2.55. The largest absolute Gasteiger partial charge is 0.484 e. The number of nitrogens with two attached hydrogens (primary N) is 1. The van der Waals surface area contributed by atoms with Crippen LogP contribution in [0.25, 0.3) is 0 Å². The highest BCUT2D eigenvalue weighted by Crippen LogP contribution is 2.40. The van der Waals surface area contributed by atoms with Crippen LogP contribution in [0.15, 0.2) is 18.2 Å². The van der Waals surface area contributed by atoms with E-state index in [4.69, 9.17) is 26.8 Å². The zero-order valence-corrected chi connectivity index (χ0v) is 12.1. The predicted octanol–water partition coefficient (Wildman–Crippen LogP) is 1.91. The number of halogens is 1. The fourth-order valence-electron chi connectivity index (χ4n) is 2.08. The molecule has 7 nitrogen and oxygen atoms in total. The van der Waals surface area contributed by atoms with Crippen LogP contribution in [0.3, 0.4) is 0 Å². The van der Waals surface area contributed by atoms with Crippen molar-refractivity contribution >= 4 is 23.3 Å². The van der Waals surface area contributed by atoms with Crippen LogP contribution in [0.1, 0.15) is 12.8 Å². The van der Waals surface area contributed by atoms with Crippen molar-refractivity contribution in [2.45, 2.75) is 18.4 Å². The number of hydrogen-bond acceptors (Lipinski definition) is 6. The van der Waals surface area contributed by atoms with Crippen LogP contribution >= 0.6 is 11.6 Å². The lowest BCUT2D eigenvalue weighted by molar-refractivity contribution is -0.385. The number of carbonyl (C=O) groups excluding carboxylic acids is 1. The van der Waals surface area contributed by atoms with Crippen LogP contribution in [0, 0.1) is 16.0 Å². The maximum atomic E-state index is 11.8. The molecule has 1 unspecified atom stereocenters. The molecule has 114 valence electrons. The number of ether oxygens (including phenoxy) is 2. The minimum absolute atomic E-state index is 0.0214. The molecule has 0 aromatic heterocycles. The normalized spacial score (nSPS) is 16.9. The van der Waals surface area contributed by atoms with Gasteiger partial charge in [0.2, 0.25) is 0 Å². The molecular formula is C13H15ClN2O5. The summed E-state index contributed by atoms with van der Waals surface area (Å²) in [5.41, 5.74) is 4.53. The van der Waals surface area contributed by atoms with Crippen molar-refractivity contribution in [1.82, 2.24) is 0 Å². The van der Waals surface area contributed by atoms with Gasteiger partial charge in [-0.25, -0.2) is 4.79 Å². The topological polar surface area (TPSA) is 105 Å². The number of nitro benzene ring substituents is 1. The third-order valence-corrected chi connectivity index (χ3v) is 3.69. The molecule has 8 heteroatoms. The van der Waals surface area contributed by atoms with Gasteiger partial charge >= 0.3 is 11.7 Å². The molecule has 0 radical (unpaired) electrons. The Morgan fingerprint density at radius 2 is 2.24 bits per heavy atom. The van der Waals surface area contributed by atoms with E-state index in [-0.39, 0.29) is 24.0 Å². The van der Waals surface area contributed by atoms with E-state index in [0.717, 1.165) is 12.8 Å². The van der Waals surface area contributed by atoms with Crippen molar-refractivity contribution in [1.29, 1.82) is 0 Å². The first-order chi connectivity index (χ1) is 9.88. The van der Waals surface area contributed by atoms with Gasteiger partial charge in [0.15, 0.2) is 11.3 Å². The van der Waals surface area contributed by atoms with E-state index >= 15 is 0 Å². The fourth-order valence-corrected chi connectivity index (χ4v) is 2.25. The molecule has 21 heavy (non-hydrogen) atoms. The minimum Gasteiger partial charge on any atom is -0.484 e. The molecule has 1 aliphatic carbocycles. The summed E-state index contributed by atoms with van der Waals surface area (Å²) in [6, 6.07) is 3.96. The Balaban J connectivity index is 2.20. The smallest absolute Gasteiger partial charge is 0.329 e. The Labute approximate surface area is 126 Å². The molecule has 1 saturated carbocycles. The summed E-state index contributed by atoms with van der Waals surface area (Å²) in [5.74, 6) is -0.648. The van der Waals surface area contributed by atoms with E-state index in [1.54, 1.807) is 0 Å². The standard InChI is InChI=1S/C13H15ClN2O5/c1-20-12(17)13(15,8-2-3-8)7-21-11-6-9(14)4-5-10(11)16(18)19/h4-6,8H,2-3,7,15H2,1H3. The summed E-state index contributed by atoms with van der Waals surface area (Å²) < 4.78 is 10.1. The lowest BCUT2D eigenvalue weighted by atomic mass is 9.96. The summed E-state index contributed by atoms with van der Waals surface area (Å²) in [5, 5.41) is 11.2. The molecule has 0 heterocycles. The maximum absolute atomic E-state index is 11.8. The van der Waals surface area contributed by atoms with Gasteiger partial charge in [-0.3, -0.25) is 10.1 Å². The van der Waals surface area contributed by atoms with Gasteiger partial charge in [0.05, 0.1) is 12.0 Å². The Morgan fingerprint density at radius 1 is 1.57 bits per heavy atom. The average molecular weight is 315 g/mol. The molecule has 0 aliphatic heterocycles. The quantitative estimate of drug-likeness (QED) is 0.488. The first kappa shape index (κ1) is 15.5. The van der Waals surface area contributed by atoms with Crippen molar-refractivity contribution < 1.29 is 19.2 Å². The number of carbonyl (C=O) groups is 1. The zero-order valence-electron chi connectivity index (χ0n) is 11.4. The highest BCUT2D eigenvalue weighted by atomic mass is 35.5. The second-order valence-electron chi connectivity index (χ2n) is 4.96. The van der Waals surface area contributed by atoms with Gasteiger partial charge in [-0.05, 0) is 24.8 Å². The van der Waals surface area contributed by atoms with Gasteiger partial charge in [0.1, 0.15) is 6.61 Å². The molecule has 0 amide bonds. The SMILES string of the molecule is COC(=O)C(N)(COc1cc(Cl)ccc1[N+](=O)[O-])C1CC1. The Kier molecular flexibility index (Phi) is 4.34. The molecule has 1 aliphatic rings. The van der Waals surface area contributed by atoms with E-state index in [0.29, 0.717) is 5.02 Å². The van der Waals surface area contributed by atoms with Gasteiger partial charge < -0.3 is 15.2 Å². The number of nitrogens with zero attached hydrogens (tertiary/aromatic N) is 1. The van der Waals surface area contributed by atoms with Gasteiger partial charge in [-0.2, -0.15) is 0 Å². The molecule has 2 rings (SSSR count). The number of rotatable bonds is 6. The number of hydrogen-bond donors (Lipinski definition) is 1. The first-order valence-corrected chi connectivity index (χ1v) is 6.70. The predicted molar refractivity (Wildman–Crippen MR) is 75.3 cm³/mol. The van der Waals surface area contributed by atoms with Gasteiger partial charge in [-0.15, -0.1) is 0 Å². The second-order valence-corrected chi connectivity index (χ2v) is 5.40. The number of esters is 1. The first-order valence-electron chi connectivity index (χ1n) is 6.32. The van der Waals surface area contributed by atoms with Gasteiger partial charge in [-0.1, -0.05) is 11.6 Å². The highest BCUT2D eigenvalue weighted by Gasteiger charge is 2.50. The molecule has 1 atom stereocenters. The molecule has 0 bridgehead atoms. The van der Waals surface area contributed by atoms with E-state index in [1.807, 2.05) is 0 Å². The Bertz CT molecular complexity index is 576. The number of benzene rings is 1. The monoisotopic (exact) mass is 314 g/mol. The molecule has 2 N–H and O–H groups in total. The Morgan fingerprint density at radius 3 is 2.76 bits per heavy atom. The van der Waals surface area contributed by atoms with Crippen molar-refractivity contribution in [3.8, 4) is 5.75 Å². The molecule has 1 aromatic carbocycles. The lowest BCUT2D eigenvalue weighted by Gasteiger charge is -2.26. The van der Waals surface area contributed by atoms with Crippen LogP contribution in [0.2, 0.25) is 5.02 Å². The van der Waals surface area contributed by atoms with Crippen molar-refractivity contribution in [3.05, 3.63) is 33.3 Å². The molecule has 1 aromatic rings. The summed E-state index contributed by atoms with van der Waals surface area (Å²) in [6.45, 7) is -0.203. The summed E-state index contributed by atoms with van der Waals surface area (Å²) in [6.07, 6.45) is 1.60. The van der Waals surface area contributed by atoms with Gasteiger partial charge in [0, 0.05) is 17.2 Å². The summed E-state index contributed by atoms with van der Waals surface area (Å²) >= 11 is 5.81. The highest BCUT2D eigenvalue weighted by molar-refractivity contribution is 6.30. The van der Waals surface area contributed by atoms with Crippen molar-refractivity contribution in [2.75, 3.05) is 13.7 Å². The number of nitro groups is 1.